The second-order valence-electron chi connectivity index (χ2n) is 3.13. The van der Waals surface area contributed by atoms with Crippen molar-refractivity contribution in [1.82, 2.24) is 0 Å². The van der Waals surface area contributed by atoms with Gasteiger partial charge in [0.15, 0.2) is 0 Å². The molecule has 0 bridgehead atoms. The number of anilines is 1. The Kier molecular flexibility index (Phi) is 3.40. The normalized spacial score (nSPS) is 12.0. The maximum Gasteiger partial charge on any atom is 0.417 e. The van der Waals surface area contributed by atoms with Crippen LogP contribution in [0.2, 0.25) is 0 Å². The Balaban J connectivity index is 3.36. The molecule has 0 radical (unpaired) electrons. The fourth-order valence-electron chi connectivity index (χ4n) is 1.15. The zero-order valence-corrected chi connectivity index (χ0v) is 8.25. The van der Waals surface area contributed by atoms with Crippen molar-refractivity contribution in [2.45, 2.75) is 6.18 Å². The third kappa shape index (κ3) is 3.20. The zero-order chi connectivity index (χ0) is 13.2. The Labute approximate surface area is 93.2 Å². The van der Waals surface area contributed by atoms with E-state index in [1.165, 1.54) is 0 Å². The minimum absolute atomic E-state index is 0.427. The second kappa shape index (κ2) is 4.44. The SMILES string of the molecule is Nc1cc(C(F)(F)F)c(C=CC(=O)O)cc1F. The van der Waals surface area contributed by atoms with Crippen LogP contribution in [0.1, 0.15) is 11.1 Å². The summed E-state index contributed by atoms with van der Waals surface area (Å²) in [5, 5.41) is 8.31. The van der Waals surface area contributed by atoms with E-state index in [1.54, 1.807) is 0 Å². The lowest BCUT2D eigenvalue weighted by Gasteiger charge is -2.11. The van der Waals surface area contributed by atoms with E-state index < -0.39 is 34.8 Å². The molecular formula is C10H7F4NO2. The number of nitrogens with two attached hydrogens (primary N) is 1. The molecule has 7 heteroatoms. The molecule has 0 saturated heterocycles. The first-order valence-corrected chi connectivity index (χ1v) is 4.29. The third-order valence-electron chi connectivity index (χ3n) is 1.88. The predicted octanol–water partition coefficient (Wildman–Crippen LogP) is 2.52. The van der Waals surface area contributed by atoms with Crippen LogP contribution in [0.4, 0.5) is 23.2 Å². The van der Waals surface area contributed by atoms with Gasteiger partial charge in [0, 0.05) is 6.08 Å². The lowest BCUT2D eigenvalue weighted by molar-refractivity contribution is -0.138. The van der Waals surface area contributed by atoms with Crippen molar-refractivity contribution in [3.05, 3.63) is 35.2 Å². The minimum atomic E-state index is -4.74. The van der Waals surface area contributed by atoms with Crippen LogP contribution in [0.3, 0.4) is 0 Å². The van der Waals surface area contributed by atoms with Crippen LogP contribution >= 0.6 is 0 Å². The van der Waals surface area contributed by atoms with Crippen molar-refractivity contribution in [3.8, 4) is 0 Å². The summed E-state index contributed by atoms with van der Waals surface area (Å²) in [6, 6.07) is 0.967. The van der Waals surface area contributed by atoms with Gasteiger partial charge in [0.05, 0.1) is 11.3 Å². The smallest absolute Gasteiger partial charge is 0.417 e. The first-order chi connectivity index (χ1) is 7.71. The lowest BCUT2D eigenvalue weighted by atomic mass is 10.1. The third-order valence-corrected chi connectivity index (χ3v) is 1.88. The molecule has 0 atom stereocenters. The molecule has 0 unspecified atom stereocenters. The summed E-state index contributed by atoms with van der Waals surface area (Å²) in [5.74, 6) is -2.47. The summed E-state index contributed by atoms with van der Waals surface area (Å²) < 4.78 is 50.6. The van der Waals surface area contributed by atoms with Crippen molar-refractivity contribution in [2.24, 2.45) is 0 Å². The van der Waals surface area contributed by atoms with Crippen molar-refractivity contribution in [3.63, 3.8) is 0 Å². The summed E-state index contributed by atoms with van der Waals surface area (Å²) in [7, 11) is 0. The van der Waals surface area contributed by atoms with Crippen LogP contribution in [0.25, 0.3) is 6.08 Å². The van der Waals surface area contributed by atoms with Crippen molar-refractivity contribution < 1.29 is 27.5 Å². The standard InChI is InChI=1S/C10H7F4NO2/c11-7-3-5(1-2-9(16)17)6(4-8(7)15)10(12,13)14/h1-4H,15H2,(H,16,17). The number of aliphatic carboxylic acids is 1. The first-order valence-electron chi connectivity index (χ1n) is 4.29. The van der Waals surface area contributed by atoms with E-state index in [4.69, 9.17) is 10.8 Å². The van der Waals surface area contributed by atoms with E-state index in [0.717, 1.165) is 0 Å². The van der Waals surface area contributed by atoms with Gasteiger partial charge in [-0.25, -0.2) is 9.18 Å². The number of hydrogen-bond acceptors (Lipinski definition) is 2. The topological polar surface area (TPSA) is 63.3 Å². The van der Waals surface area contributed by atoms with Gasteiger partial charge in [0.2, 0.25) is 0 Å². The molecule has 3 nitrogen and oxygen atoms in total. The Bertz CT molecular complexity index is 480. The maximum absolute atomic E-state index is 13.0. The van der Waals surface area contributed by atoms with E-state index in [-0.39, 0.29) is 0 Å². The second-order valence-corrected chi connectivity index (χ2v) is 3.13. The Hall–Kier alpha value is -2.05. The number of nitrogen functional groups attached to an aromatic ring is 1. The number of hydrogen-bond donors (Lipinski definition) is 2. The van der Waals surface area contributed by atoms with E-state index >= 15 is 0 Å². The molecule has 0 fully saturated rings. The summed E-state index contributed by atoms with van der Waals surface area (Å²) in [5.41, 5.74) is 2.60. The van der Waals surface area contributed by atoms with E-state index in [0.29, 0.717) is 24.3 Å². The molecular weight excluding hydrogens is 242 g/mol. The van der Waals surface area contributed by atoms with Gasteiger partial charge in [-0.1, -0.05) is 0 Å². The van der Waals surface area contributed by atoms with Crippen LogP contribution in [-0.2, 0) is 11.0 Å². The fraction of sp³-hybridized carbons (Fsp3) is 0.100. The van der Waals surface area contributed by atoms with Crippen molar-refractivity contribution in [2.75, 3.05) is 5.73 Å². The van der Waals surface area contributed by atoms with Crippen molar-refractivity contribution >= 4 is 17.7 Å². The molecule has 1 aromatic rings. The number of carbonyl (C=O) groups is 1. The summed E-state index contributed by atoms with van der Waals surface area (Å²) in [4.78, 5) is 10.2. The maximum atomic E-state index is 13.0. The Morgan fingerprint density at radius 3 is 2.41 bits per heavy atom. The summed E-state index contributed by atoms with van der Waals surface area (Å²) in [6.07, 6.45) is -3.59. The van der Waals surface area contributed by atoms with Crippen LogP contribution < -0.4 is 5.73 Å². The molecule has 0 saturated carbocycles. The molecule has 0 aliphatic heterocycles. The molecule has 92 valence electrons. The molecule has 0 amide bonds. The number of halogens is 4. The van der Waals surface area contributed by atoms with Gasteiger partial charge in [-0.2, -0.15) is 13.2 Å². The van der Waals surface area contributed by atoms with E-state index in [2.05, 4.69) is 0 Å². The average Bonchev–Trinajstić information content (AvgIpc) is 2.17. The molecule has 0 aliphatic rings. The minimum Gasteiger partial charge on any atom is -0.478 e. The van der Waals surface area contributed by atoms with Crippen molar-refractivity contribution in [1.29, 1.82) is 0 Å². The number of carboxylic acids is 1. The molecule has 0 heterocycles. The Morgan fingerprint density at radius 1 is 1.35 bits per heavy atom. The molecule has 1 rings (SSSR count). The van der Waals surface area contributed by atoms with Crippen LogP contribution in [0, 0.1) is 5.82 Å². The molecule has 0 aromatic heterocycles. The largest absolute Gasteiger partial charge is 0.478 e. The Morgan fingerprint density at radius 2 is 1.94 bits per heavy atom. The van der Waals surface area contributed by atoms with Crippen LogP contribution in [0.5, 0.6) is 0 Å². The molecule has 0 aliphatic carbocycles. The van der Waals surface area contributed by atoms with Gasteiger partial charge in [-0.3, -0.25) is 0 Å². The average molecular weight is 249 g/mol. The number of rotatable bonds is 2. The van der Waals surface area contributed by atoms with E-state index in [9.17, 15) is 22.4 Å². The quantitative estimate of drug-likeness (QED) is 0.481. The summed E-state index contributed by atoms with van der Waals surface area (Å²) >= 11 is 0. The van der Waals surface area contributed by atoms with Gasteiger partial charge < -0.3 is 10.8 Å². The monoisotopic (exact) mass is 249 g/mol. The molecule has 3 N–H and O–H groups in total. The van der Waals surface area contributed by atoms with Crippen LogP contribution in [0.15, 0.2) is 18.2 Å². The number of carboxylic acid groups (broad SMARTS) is 1. The fourth-order valence-corrected chi connectivity index (χ4v) is 1.15. The van der Waals surface area contributed by atoms with E-state index in [1.807, 2.05) is 0 Å². The highest BCUT2D eigenvalue weighted by atomic mass is 19.4. The first kappa shape index (κ1) is 13.0. The van der Waals surface area contributed by atoms with Gasteiger partial charge in [-0.05, 0) is 23.8 Å². The highest BCUT2D eigenvalue weighted by Crippen LogP contribution is 2.34. The molecule has 0 spiro atoms. The van der Waals surface area contributed by atoms with Gasteiger partial charge in [-0.15, -0.1) is 0 Å². The van der Waals surface area contributed by atoms with Gasteiger partial charge >= 0.3 is 12.1 Å². The number of benzene rings is 1. The van der Waals surface area contributed by atoms with Crippen LogP contribution in [-0.4, -0.2) is 11.1 Å². The highest BCUT2D eigenvalue weighted by molar-refractivity contribution is 5.85. The van der Waals surface area contributed by atoms with Gasteiger partial charge in [0.25, 0.3) is 0 Å². The number of alkyl halides is 3. The van der Waals surface area contributed by atoms with Gasteiger partial charge in [0.1, 0.15) is 5.82 Å². The highest BCUT2D eigenvalue weighted by Gasteiger charge is 2.33. The zero-order valence-electron chi connectivity index (χ0n) is 8.25. The predicted molar refractivity (Wildman–Crippen MR) is 52.5 cm³/mol. The molecule has 1 aromatic carbocycles. The lowest BCUT2D eigenvalue weighted by Crippen LogP contribution is -2.09. The summed E-state index contributed by atoms with van der Waals surface area (Å²) in [6.45, 7) is 0. The molecule has 17 heavy (non-hydrogen) atoms.